The lowest BCUT2D eigenvalue weighted by molar-refractivity contribution is 0.174. The molecule has 4 aromatic rings. The largest absolute Gasteiger partial charge is 0.467 e. The Balaban J connectivity index is 1.40. The van der Waals surface area contributed by atoms with E-state index < -0.39 is 11.2 Å². The molecule has 0 amide bonds. The van der Waals surface area contributed by atoms with Crippen molar-refractivity contribution in [1.29, 1.82) is 0 Å². The highest BCUT2D eigenvalue weighted by Crippen LogP contribution is 2.32. The van der Waals surface area contributed by atoms with Gasteiger partial charge in [0.2, 0.25) is 12.7 Å². The zero-order chi connectivity index (χ0) is 19.8. The lowest BCUT2D eigenvalue weighted by Gasteiger charge is -2.08. The van der Waals surface area contributed by atoms with Crippen LogP contribution in [0.2, 0.25) is 0 Å². The van der Waals surface area contributed by atoms with Crippen LogP contribution in [0.25, 0.3) is 11.0 Å². The quantitative estimate of drug-likeness (QED) is 0.522. The average molecular weight is 393 g/mol. The summed E-state index contributed by atoms with van der Waals surface area (Å²) in [7, 11) is 0. The molecular weight excluding hydrogens is 378 g/mol. The smallest absolute Gasteiger partial charge is 0.330 e. The molecule has 0 unspecified atom stereocenters. The van der Waals surface area contributed by atoms with Crippen molar-refractivity contribution in [2.75, 3.05) is 12.1 Å². The third-order valence-corrected chi connectivity index (χ3v) is 4.52. The second kappa shape index (κ2) is 6.82. The molecule has 0 aliphatic carbocycles. The molecule has 4 heterocycles. The van der Waals surface area contributed by atoms with Gasteiger partial charge in [-0.3, -0.25) is 14.3 Å². The van der Waals surface area contributed by atoms with Crippen LogP contribution >= 0.6 is 0 Å². The normalized spacial score (nSPS) is 12.4. The number of fused-ring (bicyclic) bond motifs is 2. The van der Waals surface area contributed by atoms with Gasteiger partial charge < -0.3 is 19.2 Å². The number of hydrogen-bond donors (Lipinski definition) is 2. The second-order valence-electron chi connectivity index (χ2n) is 6.40. The van der Waals surface area contributed by atoms with Crippen LogP contribution in [0.1, 0.15) is 11.3 Å². The van der Waals surface area contributed by atoms with Crippen LogP contribution < -0.4 is 26.0 Å². The fourth-order valence-corrected chi connectivity index (χ4v) is 3.06. The lowest BCUT2D eigenvalue weighted by atomic mass is 10.2. The van der Waals surface area contributed by atoms with E-state index in [1.54, 1.807) is 12.1 Å². The van der Waals surface area contributed by atoms with Crippen LogP contribution in [-0.4, -0.2) is 26.3 Å². The molecule has 0 saturated carbocycles. The van der Waals surface area contributed by atoms with Gasteiger partial charge in [-0.25, -0.2) is 9.78 Å². The van der Waals surface area contributed by atoms with E-state index in [0.717, 1.165) is 10.1 Å². The summed E-state index contributed by atoms with van der Waals surface area (Å²) in [4.78, 5) is 36.0. The minimum atomic E-state index is -0.570. The molecule has 2 N–H and O–H groups in total. The highest BCUT2D eigenvalue weighted by atomic mass is 16.7. The molecule has 0 bridgehead atoms. The number of nitrogens with one attached hydrogen (secondary N) is 2. The molecule has 1 aliphatic rings. The summed E-state index contributed by atoms with van der Waals surface area (Å²) in [5.74, 6) is 2.18. The number of aromatic amines is 1. The number of furan rings is 1. The van der Waals surface area contributed by atoms with Crippen molar-refractivity contribution in [3.05, 3.63) is 75.0 Å². The fourth-order valence-electron chi connectivity index (χ4n) is 3.06. The number of anilines is 1. The van der Waals surface area contributed by atoms with Crippen molar-refractivity contribution in [3.63, 3.8) is 0 Å². The van der Waals surface area contributed by atoms with E-state index in [1.807, 2.05) is 18.2 Å². The molecule has 1 aromatic carbocycles. The lowest BCUT2D eigenvalue weighted by Crippen LogP contribution is -2.35. The zero-order valence-corrected chi connectivity index (χ0v) is 15.0. The summed E-state index contributed by atoms with van der Waals surface area (Å²) in [6.45, 7) is 0.675. The number of H-pyrrole nitrogens is 1. The number of ether oxygens (including phenoxy) is 2. The Morgan fingerprint density at radius 1 is 1.17 bits per heavy atom. The van der Waals surface area contributed by atoms with Crippen LogP contribution in [0.15, 0.2) is 56.8 Å². The van der Waals surface area contributed by atoms with Gasteiger partial charge in [0.15, 0.2) is 17.1 Å². The van der Waals surface area contributed by atoms with Gasteiger partial charge in [-0.05, 0) is 29.8 Å². The first kappa shape index (κ1) is 17.0. The predicted molar refractivity (Wildman–Crippen MR) is 102 cm³/mol. The second-order valence-corrected chi connectivity index (χ2v) is 6.40. The third-order valence-electron chi connectivity index (χ3n) is 4.52. The SMILES string of the molecule is O=c1[nH]c2nc(NCc3ccc4c(c3)OCO4)ncc2c(=O)n1Cc1ccco1. The summed E-state index contributed by atoms with van der Waals surface area (Å²) in [6.07, 6.45) is 2.87. The first-order chi connectivity index (χ1) is 14.2. The van der Waals surface area contributed by atoms with Crippen LogP contribution in [0.3, 0.4) is 0 Å². The molecule has 29 heavy (non-hydrogen) atoms. The van der Waals surface area contributed by atoms with Crippen molar-refractivity contribution in [2.45, 2.75) is 13.1 Å². The van der Waals surface area contributed by atoms with Gasteiger partial charge in [0.25, 0.3) is 5.56 Å². The molecule has 10 nitrogen and oxygen atoms in total. The van der Waals surface area contributed by atoms with Crippen molar-refractivity contribution in [2.24, 2.45) is 0 Å². The van der Waals surface area contributed by atoms with Crippen molar-refractivity contribution < 1.29 is 13.9 Å². The maximum Gasteiger partial charge on any atom is 0.330 e. The van der Waals surface area contributed by atoms with Crippen LogP contribution in [0.4, 0.5) is 5.95 Å². The van der Waals surface area contributed by atoms with Crippen molar-refractivity contribution in [3.8, 4) is 11.5 Å². The zero-order valence-electron chi connectivity index (χ0n) is 15.0. The van der Waals surface area contributed by atoms with Gasteiger partial charge >= 0.3 is 5.69 Å². The average Bonchev–Trinajstić information content (AvgIpc) is 3.40. The Morgan fingerprint density at radius 3 is 2.93 bits per heavy atom. The van der Waals surface area contributed by atoms with Gasteiger partial charge in [-0.2, -0.15) is 4.98 Å². The summed E-state index contributed by atoms with van der Waals surface area (Å²) in [6, 6.07) is 8.98. The standard InChI is InChI=1S/C19H15N5O5/c25-17-13-8-21-18(20-7-11-3-4-14-15(6-11)29-10-28-14)22-16(13)23-19(26)24(17)9-12-2-1-5-27-12/h1-6,8H,7,9-10H2,(H2,20,21,22,23,26). The molecule has 3 aromatic heterocycles. The summed E-state index contributed by atoms with van der Waals surface area (Å²) >= 11 is 0. The first-order valence-electron chi connectivity index (χ1n) is 8.82. The minimum absolute atomic E-state index is 0.0290. The van der Waals surface area contributed by atoms with Gasteiger partial charge in [-0.1, -0.05) is 6.07 Å². The molecule has 146 valence electrons. The summed E-state index contributed by atoms with van der Waals surface area (Å²) in [5, 5.41) is 3.28. The van der Waals surface area contributed by atoms with Gasteiger partial charge in [0, 0.05) is 12.7 Å². The molecule has 0 atom stereocenters. The molecule has 0 saturated heterocycles. The minimum Gasteiger partial charge on any atom is -0.467 e. The van der Waals surface area contributed by atoms with Gasteiger partial charge in [0.05, 0.1) is 12.8 Å². The van der Waals surface area contributed by atoms with Crippen molar-refractivity contribution >= 4 is 17.0 Å². The number of hydrogen-bond acceptors (Lipinski definition) is 8. The van der Waals surface area contributed by atoms with Crippen molar-refractivity contribution in [1.82, 2.24) is 19.5 Å². The fraction of sp³-hybridized carbons (Fsp3) is 0.158. The molecule has 0 spiro atoms. The van der Waals surface area contributed by atoms with E-state index in [2.05, 4.69) is 20.3 Å². The maximum atomic E-state index is 12.6. The molecule has 1 aliphatic heterocycles. The Morgan fingerprint density at radius 2 is 2.07 bits per heavy atom. The predicted octanol–water partition coefficient (Wildman–Crippen LogP) is 1.46. The molecule has 10 heteroatoms. The highest BCUT2D eigenvalue weighted by molar-refractivity contribution is 5.73. The topological polar surface area (TPSA) is 124 Å². The Labute approximate surface area is 162 Å². The number of rotatable bonds is 5. The van der Waals surface area contributed by atoms with Gasteiger partial charge in [0.1, 0.15) is 11.1 Å². The first-order valence-corrected chi connectivity index (χ1v) is 8.82. The van der Waals surface area contributed by atoms with E-state index >= 15 is 0 Å². The Kier molecular flexibility index (Phi) is 4.01. The molecule has 5 rings (SSSR count). The van der Waals surface area contributed by atoms with Crippen LogP contribution in [0, 0.1) is 0 Å². The van der Waals surface area contributed by atoms with Crippen LogP contribution in [-0.2, 0) is 13.1 Å². The number of nitrogens with zero attached hydrogens (tertiary/aromatic N) is 3. The van der Waals surface area contributed by atoms with E-state index in [9.17, 15) is 9.59 Å². The van der Waals surface area contributed by atoms with E-state index in [-0.39, 0.29) is 30.3 Å². The molecule has 0 fully saturated rings. The number of aromatic nitrogens is 4. The van der Waals surface area contributed by atoms with E-state index in [0.29, 0.717) is 23.8 Å². The Hall–Kier alpha value is -4.08. The van der Waals surface area contributed by atoms with E-state index in [4.69, 9.17) is 13.9 Å². The third kappa shape index (κ3) is 3.20. The Bertz CT molecular complexity index is 1310. The maximum absolute atomic E-state index is 12.6. The summed E-state index contributed by atoms with van der Waals surface area (Å²) < 4.78 is 16.9. The monoisotopic (exact) mass is 393 g/mol. The van der Waals surface area contributed by atoms with Crippen LogP contribution in [0.5, 0.6) is 11.5 Å². The van der Waals surface area contributed by atoms with Gasteiger partial charge in [-0.15, -0.1) is 0 Å². The number of benzene rings is 1. The molecular formula is C19H15N5O5. The summed E-state index contributed by atoms with van der Waals surface area (Å²) in [5.41, 5.74) is 0.0565. The highest BCUT2D eigenvalue weighted by Gasteiger charge is 2.14. The molecule has 0 radical (unpaired) electrons. The van der Waals surface area contributed by atoms with E-state index in [1.165, 1.54) is 12.5 Å².